The first-order valence-electron chi connectivity index (χ1n) is 8.99. The van der Waals surface area contributed by atoms with Crippen LogP contribution in [0.25, 0.3) is 10.8 Å². The fraction of sp³-hybridized carbons (Fsp3) is 0.250. The first kappa shape index (κ1) is 18.5. The zero-order chi connectivity index (χ0) is 19.5. The lowest BCUT2D eigenvalue weighted by Crippen LogP contribution is -2.42. The van der Waals surface area contributed by atoms with Gasteiger partial charge in [-0.1, -0.05) is 29.8 Å². The van der Waals surface area contributed by atoms with Gasteiger partial charge in [-0.15, -0.1) is 0 Å². The molecule has 28 heavy (non-hydrogen) atoms. The number of anilines is 1. The van der Waals surface area contributed by atoms with Gasteiger partial charge in [0, 0.05) is 35.9 Å². The molecule has 2 heterocycles. The summed E-state index contributed by atoms with van der Waals surface area (Å²) in [6.07, 6.45) is 1.68. The van der Waals surface area contributed by atoms with Gasteiger partial charge in [0.2, 0.25) is 5.91 Å². The molecule has 0 bridgehead atoms. The molecular weight excluding hydrogens is 380 g/mol. The van der Waals surface area contributed by atoms with Gasteiger partial charge in [0.05, 0.1) is 13.2 Å². The summed E-state index contributed by atoms with van der Waals surface area (Å²) in [7, 11) is 0. The van der Waals surface area contributed by atoms with Gasteiger partial charge in [-0.05, 0) is 29.0 Å². The highest BCUT2D eigenvalue weighted by Crippen LogP contribution is 2.23. The topological polar surface area (TPSA) is 76.5 Å². The Morgan fingerprint density at radius 3 is 2.79 bits per heavy atom. The lowest BCUT2D eigenvalue weighted by atomic mass is 10.0. The molecule has 2 aromatic carbocycles. The predicted octanol–water partition coefficient (Wildman–Crippen LogP) is 2.80. The first-order chi connectivity index (χ1) is 13.6. The van der Waals surface area contributed by atoms with Gasteiger partial charge >= 0.3 is 0 Å². The first-order valence-corrected chi connectivity index (χ1v) is 9.36. The minimum absolute atomic E-state index is 0.0183. The van der Waals surface area contributed by atoms with Gasteiger partial charge < -0.3 is 15.0 Å². The maximum atomic E-state index is 12.7. The van der Waals surface area contributed by atoms with Crippen LogP contribution in [0.1, 0.15) is 10.4 Å². The lowest BCUT2D eigenvalue weighted by molar-refractivity contribution is -0.136. The Hall–Kier alpha value is -2.90. The van der Waals surface area contributed by atoms with Gasteiger partial charge in [-0.3, -0.25) is 14.3 Å². The summed E-state index contributed by atoms with van der Waals surface area (Å²) >= 11 is 6.03. The van der Waals surface area contributed by atoms with Crippen LogP contribution < -0.4 is 5.32 Å². The van der Waals surface area contributed by atoms with E-state index in [1.165, 1.54) is 4.68 Å². The van der Waals surface area contributed by atoms with E-state index >= 15 is 0 Å². The second kappa shape index (κ2) is 8.00. The number of halogens is 1. The van der Waals surface area contributed by atoms with E-state index in [2.05, 4.69) is 10.4 Å². The Balaban J connectivity index is 1.45. The minimum Gasteiger partial charge on any atom is -0.378 e. The SMILES string of the molecule is O=C(Nc1ccn(CC(=O)N2CCOCC2)n1)c1cccc2cc(Cl)ccc12. The van der Waals surface area contributed by atoms with E-state index in [-0.39, 0.29) is 18.4 Å². The number of ether oxygens (including phenoxy) is 1. The minimum atomic E-state index is -0.266. The molecule has 1 aliphatic heterocycles. The van der Waals surface area contributed by atoms with E-state index < -0.39 is 0 Å². The van der Waals surface area contributed by atoms with Gasteiger partial charge in [0.1, 0.15) is 6.54 Å². The molecule has 2 amide bonds. The summed E-state index contributed by atoms with van der Waals surface area (Å²) in [5.41, 5.74) is 0.535. The van der Waals surface area contributed by atoms with Gasteiger partial charge in [-0.25, -0.2) is 0 Å². The molecule has 0 aliphatic carbocycles. The molecule has 0 radical (unpaired) electrons. The second-order valence-corrected chi connectivity index (χ2v) is 6.95. The number of fused-ring (bicyclic) bond motifs is 1. The van der Waals surface area contributed by atoms with Crippen LogP contribution in [0.5, 0.6) is 0 Å². The molecule has 1 N–H and O–H groups in total. The van der Waals surface area contributed by atoms with Crippen LogP contribution in [0.4, 0.5) is 5.82 Å². The highest BCUT2D eigenvalue weighted by Gasteiger charge is 2.18. The van der Waals surface area contributed by atoms with Crippen molar-refractivity contribution in [2.75, 3.05) is 31.6 Å². The zero-order valence-electron chi connectivity index (χ0n) is 15.1. The normalized spacial score (nSPS) is 14.2. The number of nitrogens with zero attached hydrogens (tertiary/aromatic N) is 3. The van der Waals surface area contributed by atoms with Crippen molar-refractivity contribution in [3.05, 3.63) is 59.2 Å². The molecular formula is C20H19ClN4O3. The van der Waals surface area contributed by atoms with Gasteiger partial charge in [-0.2, -0.15) is 5.10 Å². The average molecular weight is 399 g/mol. The highest BCUT2D eigenvalue weighted by molar-refractivity contribution is 6.31. The molecule has 144 valence electrons. The van der Waals surface area contributed by atoms with Crippen molar-refractivity contribution in [2.45, 2.75) is 6.54 Å². The predicted molar refractivity (Wildman–Crippen MR) is 107 cm³/mol. The fourth-order valence-corrected chi connectivity index (χ4v) is 3.38. The zero-order valence-corrected chi connectivity index (χ0v) is 15.9. The van der Waals surface area contributed by atoms with Crippen molar-refractivity contribution in [1.29, 1.82) is 0 Å². The van der Waals surface area contributed by atoms with Crippen LogP contribution in [0.3, 0.4) is 0 Å². The monoisotopic (exact) mass is 398 g/mol. The van der Waals surface area contributed by atoms with Crippen LogP contribution in [-0.4, -0.2) is 52.8 Å². The molecule has 0 unspecified atom stereocenters. The molecule has 3 aromatic rings. The summed E-state index contributed by atoms with van der Waals surface area (Å²) in [5.74, 6) is 0.110. The number of amides is 2. The molecule has 1 aliphatic rings. The Bertz CT molecular complexity index is 1030. The third kappa shape index (κ3) is 4.00. The van der Waals surface area contributed by atoms with E-state index in [0.717, 1.165) is 10.8 Å². The molecule has 8 heteroatoms. The van der Waals surface area contributed by atoms with E-state index in [1.54, 1.807) is 29.3 Å². The smallest absolute Gasteiger partial charge is 0.257 e. The van der Waals surface area contributed by atoms with E-state index in [1.807, 2.05) is 24.3 Å². The van der Waals surface area contributed by atoms with E-state index in [4.69, 9.17) is 16.3 Å². The van der Waals surface area contributed by atoms with Crippen molar-refractivity contribution >= 4 is 40.0 Å². The number of benzene rings is 2. The maximum absolute atomic E-state index is 12.7. The standard InChI is InChI=1S/C20H19ClN4O3/c21-15-4-5-16-14(12-15)2-1-3-17(16)20(27)22-18-6-7-25(23-18)13-19(26)24-8-10-28-11-9-24/h1-7,12H,8-11,13H2,(H,22,23,27). The Labute approximate surface area is 166 Å². The van der Waals surface area contributed by atoms with Crippen molar-refractivity contribution in [1.82, 2.24) is 14.7 Å². The number of aromatic nitrogens is 2. The molecule has 4 rings (SSSR count). The molecule has 0 atom stereocenters. The number of nitrogens with one attached hydrogen (secondary N) is 1. The quantitative estimate of drug-likeness (QED) is 0.733. The van der Waals surface area contributed by atoms with Crippen LogP contribution in [-0.2, 0) is 16.1 Å². The van der Waals surface area contributed by atoms with Gasteiger partial charge in [0.25, 0.3) is 5.91 Å². The van der Waals surface area contributed by atoms with Crippen LogP contribution in [0, 0.1) is 0 Å². The molecule has 7 nitrogen and oxygen atoms in total. The van der Waals surface area contributed by atoms with E-state index in [9.17, 15) is 9.59 Å². The van der Waals surface area contributed by atoms with E-state index in [0.29, 0.717) is 42.7 Å². The highest BCUT2D eigenvalue weighted by atomic mass is 35.5. The summed E-state index contributed by atoms with van der Waals surface area (Å²) in [5, 5.41) is 9.40. The number of carbonyl (C=O) groups excluding carboxylic acids is 2. The molecule has 0 saturated carbocycles. The summed E-state index contributed by atoms with van der Waals surface area (Å²) < 4.78 is 6.78. The van der Waals surface area contributed by atoms with Crippen molar-refractivity contribution in [3.8, 4) is 0 Å². The number of hydrogen-bond donors (Lipinski definition) is 1. The van der Waals surface area contributed by atoms with Crippen LogP contribution in [0.2, 0.25) is 5.02 Å². The summed E-state index contributed by atoms with van der Waals surface area (Å²) in [4.78, 5) is 26.8. The number of morpholine rings is 1. The van der Waals surface area contributed by atoms with Crippen molar-refractivity contribution in [2.24, 2.45) is 0 Å². The molecule has 1 aromatic heterocycles. The molecule has 1 saturated heterocycles. The lowest BCUT2D eigenvalue weighted by Gasteiger charge is -2.26. The Morgan fingerprint density at radius 2 is 1.96 bits per heavy atom. The molecule has 0 spiro atoms. The molecule has 1 fully saturated rings. The summed E-state index contributed by atoms with van der Waals surface area (Å²) in [6.45, 7) is 2.43. The number of hydrogen-bond acceptors (Lipinski definition) is 4. The van der Waals surface area contributed by atoms with Crippen LogP contribution >= 0.6 is 11.6 Å². The summed E-state index contributed by atoms with van der Waals surface area (Å²) in [6, 6.07) is 12.5. The number of rotatable bonds is 4. The van der Waals surface area contributed by atoms with Gasteiger partial charge in [0.15, 0.2) is 5.82 Å². The largest absolute Gasteiger partial charge is 0.378 e. The average Bonchev–Trinajstić information content (AvgIpc) is 3.14. The van der Waals surface area contributed by atoms with Crippen molar-refractivity contribution in [3.63, 3.8) is 0 Å². The Morgan fingerprint density at radius 1 is 1.14 bits per heavy atom. The van der Waals surface area contributed by atoms with Crippen LogP contribution in [0.15, 0.2) is 48.7 Å². The van der Waals surface area contributed by atoms with Crippen molar-refractivity contribution < 1.29 is 14.3 Å². The number of carbonyl (C=O) groups is 2. The third-order valence-electron chi connectivity index (χ3n) is 4.63. The fourth-order valence-electron chi connectivity index (χ4n) is 3.20. The second-order valence-electron chi connectivity index (χ2n) is 6.52. The Kier molecular flexibility index (Phi) is 5.27. The maximum Gasteiger partial charge on any atom is 0.257 e. The third-order valence-corrected chi connectivity index (χ3v) is 4.87.